The number of carbonyl (C=O) groups excluding carboxylic acids is 2. The quantitative estimate of drug-likeness (QED) is 0.336. The maximum atomic E-state index is 13.3. The second kappa shape index (κ2) is 7.14. The molecule has 5 N–H and O–H groups in total. The summed E-state index contributed by atoms with van der Waals surface area (Å²) in [5, 5.41) is 19.7. The number of aromatic hydroxyl groups is 1. The van der Waals surface area contributed by atoms with E-state index in [0.29, 0.717) is 45.0 Å². The molecule has 0 atom stereocenters. The lowest BCUT2D eigenvalue weighted by Gasteiger charge is -2.10. The van der Waals surface area contributed by atoms with Crippen molar-refractivity contribution in [1.29, 1.82) is 0 Å². The second-order valence-electron chi connectivity index (χ2n) is 7.39. The van der Waals surface area contributed by atoms with Crippen molar-refractivity contribution in [2.24, 2.45) is 0 Å². The van der Waals surface area contributed by atoms with E-state index in [9.17, 15) is 14.7 Å². The highest BCUT2D eigenvalue weighted by Gasteiger charge is 2.34. The first-order valence-electron chi connectivity index (χ1n) is 9.71. The van der Waals surface area contributed by atoms with Gasteiger partial charge in [-0.2, -0.15) is 5.10 Å². The molecule has 0 aliphatic heterocycles. The Hall–Kier alpha value is -4.39. The Morgan fingerprint density at radius 1 is 1.00 bits per heavy atom. The predicted octanol–water partition coefficient (Wildman–Crippen LogP) is 3.76. The monoisotopic (exact) mass is 410 g/mol. The number of H-pyrrole nitrogens is 1. The third-order valence-electron chi connectivity index (χ3n) is 5.31. The molecule has 5 rings (SSSR count). The Balaban J connectivity index is 1.46. The van der Waals surface area contributed by atoms with E-state index in [0.717, 1.165) is 5.56 Å². The molecule has 3 aromatic carbocycles. The highest BCUT2D eigenvalue weighted by molar-refractivity contribution is 6.27. The standard InChI is InChI=1S/C24H18N4O3/c25-15-8-4-13(5-9-15)12-19(30)26-18-3-1-2-17-20(18)24(31)21-22(27-28-23(17)21)14-6-10-16(29)11-7-14/h1-11,29H,12,25H2,(H,26,30)(H,27,28). The minimum absolute atomic E-state index is 0.136. The van der Waals surface area contributed by atoms with Crippen LogP contribution in [-0.2, 0) is 11.2 Å². The van der Waals surface area contributed by atoms with Crippen LogP contribution in [0.2, 0.25) is 0 Å². The van der Waals surface area contributed by atoms with Crippen molar-refractivity contribution >= 4 is 23.1 Å². The van der Waals surface area contributed by atoms with Gasteiger partial charge in [-0.15, -0.1) is 0 Å². The number of ketones is 1. The zero-order chi connectivity index (χ0) is 21.5. The molecule has 0 radical (unpaired) electrons. The first-order valence-corrected chi connectivity index (χ1v) is 9.71. The molecule has 7 heteroatoms. The van der Waals surface area contributed by atoms with Crippen LogP contribution in [0.1, 0.15) is 21.5 Å². The Morgan fingerprint density at radius 3 is 2.48 bits per heavy atom. The van der Waals surface area contributed by atoms with Gasteiger partial charge in [0.2, 0.25) is 5.91 Å². The molecule has 1 aliphatic rings. The van der Waals surface area contributed by atoms with Crippen LogP contribution in [0, 0.1) is 0 Å². The van der Waals surface area contributed by atoms with Crippen LogP contribution in [0.3, 0.4) is 0 Å². The number of aromatic amines is 1. The summed E-state index contributed by atoms with van der Waals surface area (Å²) in [6.07, 6.45) is 0.170. The number of anilines is 2. The summed E-state index contributed by atoms with van der Waals surface area (Å²) in [4.78, 5) is 25.9. The molecule has 0 spiro atoms. The molecule has 1 heterocycles. The average Bonchev–Trinajstić information content (AvgIpc) is 3.31. The van der Waals surface area contributed by atoms with Crippen LogP contribution in [0.15, 0.2) is 66.7 Å². The molecular formula is C24H18N4O3. The number of fused-ring (bicyclic) bond motifs is 3. The lowest BCUT2D eigenvalue weighted by Crippen LogP contribution is -2.16. The summed E-state index contributed by atoms with van der Waals surface area (Å²) in [5.41, 5.74) is 11.1. The van der Waals surface area contributed by atoms with Gasteiger partial charge < -0.3 is 16.2 Å². The van der Waals surface area contributed by atoms with Crippen LogP contribution < -0.4 is 11.1 Å². The van der Waals surface area contributed by atoms with E-state index in [1.807, 2.05) is 6.07 Å². The molecule has 0 saturated heterocycles. The molecule has 1 aromatic heterocycles. The van der Waals surface area contributed by atoms with Gasteiger partial charge in [-0.3, -0.25) is 14.7 Å². The van der Waals surface area contributed by atoms with Gasteiger partial charge in [-0.1, -0.05) is 24.3 Å². The smallest absolute Gasteiger partial charge is 0.228 e. The summed E-state index contributed by atoms with van der Waals surface area (Å²) in [6, 6.07) is 18.9. The number of phenols is 1. The molecule has 4 aromatic rings. The summed E-state index contributed by atoms with van der Waals surface area (Å²) >= 11 is 0. The molecule has 7 nitrogen and oxygen atoms in total. The van der Waals surface area contributed by atoms with E-state index in [1.54, 1.807) is 60.7 Å². The SMILES string of the molecule is Nc1ccc(CC(=O)Nc2cccc3c2C(=O)c2c(-c4ccc(O)cc4)n[nH]c2-3)cc1. The Kier molecular flexibility index (Phi) is 4.29. The van der Waals surface area contributed by atoms with Gasteiger partial charge in [-0.05, 0) is 48.0 Å². The number of phenolic OH excluding ortho intramolecular Hbond substituents is 1. The summed E-state index contributed by atoms with van der Waals surface area (Å²) in [6.45, 7) is 0. The maximum Gasteiger partial charge on any atom is 0.228 e. The van der Waals surface area contributed by atoms with Crippen molar-refractivity contribution in [3.05, 3.63) is 83.4 Å². The third kappa shape index (κ3) is 3.22. The van der Waals surface area contributed by atoms with Crippen LogP contribution in [0.25, 0.3) is 22.5 Å². The molecular weight excluding hydrogens is 392 g/mol. The van der Waals surface area contributed by atoms with E-state index in [2.05, 4.69) is 15.5 Å². The van der Waals surface area contributed by atoms with Crippen LogP contribution >= 0.6 is 0 Å². The number of aromatic nitrogens is 2. The number of benzene rings is 3. The second-order valence-corrected chi connectivity index (χ2v) is 7.39. The largest absolute Gasteiger partial charge is 0.508 e. The summed E-state index contributed by atoms with van der Waals surface area (Å²) in [5.74, 6) is -0.291. The van der Waals surface area contributed by atoms with E-state index >= 15 is 0 Å². The number of hydrogen-bond acceptors (Lipinski definition) is 5. The first-order chi connectivity index (χ1) is 15.0. The first kappa shape index (κ1) is 18.6. The van der Waals surface area contributed by atoms with Crippen LogP contribution in [-0.4, -0.2) is 27.0 Å². The van der Waals surface area contributed by atoms with Crippen molar-refractivity contribution in [1.82, 2.24) is 10.2 Å². The van der Waals surface area contributed by atoms with Crippen molar-refractivity contribution in [2.45, 2.75) is 6.42 Å². The lowest BCUT2D eigenvalue weighted by molar-refractivity contribution is -0.115. The Bertz CT molecular complexity index is 1320. The zero-order valence-corrected chi connectivity index (χ0v) is 16.3. The minimum atomic E-state index is -0.224. The molecule has 0 bridgehead atoms. The number of nitrogens with two attached hydrogens (primary N) is 1. The normalized spacial score (nSPS) is 11.8. The maximum absolute atomic E-state index is 13.3. The summed E-state index contributed by atoms with van der Waals surface area (Å²) < 4.78 is 0. The van der Waals surface area contributed by atoms with Crippen LogP contribution in [0.4, 0.5) is 11.4 Å². The molecule has 152 valence electrons. The van der Waals surface area contributed by atoms with Crippen molar-refractivity contribution in [3.8, 4) is 28.3 Å². The fraction of sp³-hybridized carbons (Fsp3) is 0.0417. The van der Waals surface area contributed by atoms with Gasteiger partial charge in [-0.25, -0.2) is 0 Å². The molecule has 0 unspecified atom stereocenters. The highest BCUT2D eigenvalue weighted by atomic mass is 16.3. The number of nitrogens with zero attached hydrogens (tertiary/aromatic N) is 1. The average molecular weight is 410 g/mol. The number of carbonyl (C=O) groups is 2. The number of rotatable bonds is 4. The van der Waals surface area contributed by atoms with E-state index in [-0.39, 0.29) is 23.9 Å². The third-order valence-corrected chi connectivity index (χ3v) is 5.31. The molecule has 31 heavy (non-hydrogen) atoms. The van der Waals surface area contributed by atoms with Crippen LogP contribution in [0.5, 0.6) is 5.75 Å². The van der Waals surface area contributed by atoms with Crippen molar-refractivity contribution in [3.63, 3.8) is 0 Å². The molecule has 0 saturated carbocycles. The van der Waals surface area contributed by atoms with E-state index in [4.69, 9.17) is 5.73 Å². The zero-order valence-electron chi connectivity index (χ0n) is 16.3. The fourth-order valence-corrected chi connectivity index (χ4v) is 3.84. The van der Waals surface area contributed by atoms with Gasteiger partial charge in [0.15, 0.2) is 5.78 Å². The van der Waals surface area contributed by atoms with Gasteiger partial charge in [0.05, 0.1) is 28.9 Å². The van der Waals surface area contributed by atoms with Gasteiger partial charge in [0, 0.05) is 16.8 Å². The number of nitrogen functional groups attached to an aromatic ring is 1. The highest BCUT2D eigenvalue weighted by Crippen LogP contribution is 2.43. The van der Waals surface area contributed by atoms with Crippen molar-refractivity contribution in [2.75, 3.05) is 11.1 Å². The number of nitrogens with one attached hydrogen (secondary N) is 2. The Morgan fingerprint density at radius 2 is 1.74 bits per heavy atom. The Labute approximate surface area is 177 Å². The topological polar surface area (TPSA) is 121 Å². The summed E-state index contributed by atoms with van der Waals surface area (Å²) in [7, 11) is 0. The minimum Gasteiger partial charge on any atom is -0.508 e. The number of hydrogen-bond donors (Lipinski definition) is 4. The van der Waals surface area contributed by atoms with Gasteiger partial charge >= 0.3 is 0 Å². The molecule has 0 fully saturated rings. The van der Waals surface area contributed by atoms with Gasteiger partial charge in [0.25, 0.3) is 0 Å². The van der Waals surface area contributed by atoms with Gasteiger partial charge in [0.1, 0.15) is 11.4 Å². The lowest BCUT2D eigenvalue weighted by atomic mass is 10.0. The fourth-order valence-electron chi connectivity index (χ4n) is 3.84. The predicted molar refractivity (Wildman–Crippen MR) is 118 cm³/mol. The number of amides is 1. The van der Waals surface area contributed by atoms with Crippen molar-refractivity contribution < 1.29 is 14.7 Å². The molecule has 1 amide bonds. The van der Waals surface area contributed by atoms with E-state index < -0.39 is 0 Å². The molecule has 1 aliphatic carbocycles. The van der Waals surface area contributed by atoms with E-state index in [1.165, 1.54) is 0 Å².